The predicted molar refractivity (Wildman–Crippen MR) is 105 cm³/mol. The molecular weight excluding hydrogens is 320 g/mol. The topological polar surface area (TPSA) is 61.6 Å². The van der Waals surface area contributed by atoms with Crippen molar-refractivity contribution < 1.29 is 0 Å². The van der Waals surface area contributed by atoms with Crippen LogP contribution in [0.3, 0.4) is 0 Å². The van der Waals surface area contributed by atoms with Gasteiger partial charge in [-0.05, 0) is 74.7 Å². The van der Waals surface area contributed by atoms with Crippen molar-refractivity contribution in [3.05, 3.63) is 81.7 Å². The number of rotatable bonds is 4. The molecule has 4 heteroatoms. The predicted octanol–water partition coefficient (Wildman–Crippen LogP) is 4.92. The molecular formula is C22H22N4. The minimum absolute atomic E-state index is 0.576. The largest absolute Gasteiger partial charge is 0.324 e. The van der Waals surface area contributed by atoms with Crippen molar-refractivity contribution in [2.45, 2.75) is 34.1 Å². The molecule has 0 spiro atoms. The van der Waals surface area contributed by atoms with Gasteiger partial charge in [0.2, 0.25) is 5.95 Å². The average molecular weight is 342 g/mol. The van der Waals surface area contributed by atoms with E-state index in [1.165, 1.54) is 22.3 Å². The van der Waals surface area contributed by atoms with E-state index in [2.05, 4.69) is 54.3 Å². The SMILES string of the molecule is Cc1cc(C)c(Cc2cc(C)nc(Nc3ccc(C#N)cc3)n2)c(C)c1. The van der Waals surface area contributed by atoms with Gasteiger partial charge in [0.25, 0.3) is 0 Å². The van der Waals surface area contributed by atoms with Crippen LogP contribution < -0.4 is 5.32 Å². The Kier molecular flexibility index (Phi) is 4.99. The van der Waals surface area contributed by atoms with Crippen LogP contribution in [0.2, 0.25) is 0 Å². The van der Waals surface area contributed by atoms with Crippen LogP contribution in [-0.4, -0.2) is 9.97 Å². The molecule has 0 radical (unpaired) electrons. The molecule has 0 aliphatic carbocycles. The summed E-state index contributed by atoms with van der Waals surface area (Å²) in [4.78, 5) is 9.17. The molecule has 1 heterocycles. The highest BCUT2D eigenvalue weighted by Crippen LogP contribution is 2.21. The summed E-state index contributed by atoms with van der Waals surface area (Å²) in [5, 5.41) is 12.1. The highest BCUT2D eigenvalue weighted by Gasteiger charge is 2.09. The number of nitrogens with one attached hydrogen (secondary N) is 1. The van der Waals surface area contributed by atoms with Crippen LogP contribution in [0.5, 0.6) is 0 Å². The van der Waals surface area contributed by atoms with Gasteiger partial charge >= 0.3 is 0 Å². The fourth-order valence-corrected chi connectivity index (χ4v) is 3.21. The van der Waals surface area contributed by atoms with E-state index >= 15 is 0 Å². The summed E-state index contributed by atoms with van der Waals surface area (Å²) in [5.41, 5.74) is 8.59. The Morgan fingerprint density at radius 1 is 0.923 bits per heavy atom. The molecule has 0 aliphatic heterocycles. The standard InChI is InChI=1S/C22H22N4/c1-14-9-15(2)21(16(3)10-14)12-20-11-17(4)24-22(26-20)25-19-7-5-18(13-23)6-8-19/h5-11H,12H2,1-4H3,(H,24,25,26). The minimum Gasteiger partial charge on any atom is -0.324 e. The van der Waals surface area contributed by atoms with Crippen molar-refractivity contribution in [2.24, 2.45) is 0 Å². The fraction of sp³-hybridized carbons (Fsp3) is 0.227. The molecule has 1 aromatic heterocycles. The average Bonchev–Trinajstić information content (AvgIpc) is 2.58. The first-order chi connectivity index (χ1) is 12.4. The van der Waals surface area contributed by atoms with Crippen molar-refractivity contribution in [1.29, 1.82) is 5.26 Å². The van der Waals surface area contributed by atoms with E-state index in [1.54, 1.807) is 12.1 Å². The van der Waals surface area contributed by atoms with Gasteiger partial charge in [-0.2, -0.15) is 5.26 Å². The molecule has 1 N–H and O–H groups in total. The molecule has 0 saturated heterocycles. The lowest BCUT2D eigenvalue weighted by Gasteiger charge is -2.13. The van der Waals surface area contributed by atoms with Gasteiger partial charge in [0, 0.05) is 17.8 Å². The van der Waals surface area contributed by atoms with Crippen molar-refractivity contribution in [2.75, 3.05) is 5.32 Å². The molecule has 130 valence electrons. The maximum absolute atomic E-state index is 8.90. The van der Waals surface area contributed by atoms with Crippen LogP contribution in [0.25, 0.3) is 0 Å². The number of nitrogens with zero attached hydrogens (tertiary/aromatic N) is 3. The van der Waals surface area contributed by atoms with E-state index in [4.69, 9.17) is 5.26 Å². The molecule has 0 amide bonds. The second-order valence-electron chi connectivity index (χ2n) is 6.69. The normalized spacial score (nSPS) is 10.4. The molecule has 26 heavy (non-hydrogen) atoms. The molecule has 3 aromatic rings. The lowest BCUT2D eigenvalue weighted by atomic mass is 9.96. The van der Waals surface area contributed by atoms with Gasteiger partial charge in [-0.3, -0.25) is 0 Å². The van der Waals surface area contributed by atoms with Crippen molar-refractivity contribution in [1.82, 2.24) is 9.97 Å². The molecule has 0 bridgehead atoms. The summed E-state index contributed by atoms with van der Waals surface area (Å²) in [6, 6.07) is 15.8. The number of hydrogen-bond acceptors (Lipinski definition) is 4. The van der Waals surface area contributed by atoms with Crippen LogP contribution in [-0.2, 0) is 6.42 Å². The van der Waals surface area contributed by atoms with Crippen molar-refractivity contribution in [3.63, 3.8) is 0 Å². The first-order valence-corrected chi connectivity index (χ1v) is 8.63. The summed E-state index contributed by atoms with van der Waals surface area (Å²) in [6.07, 6.45) is 0.781. The first-order valence-electron chi connectivity index (χ1n) is 8.63. The first kappa shape index (κ1) is 17.6. The summed E-state index contributed by atoms with van der Waals surface area (Å²) >= 11 is 0. The number of aromatic nitrogens is 2. The molecule has 0 fully saturated rings. The molecule has 3 rings (SSSR count). The van der Waals surface area contributed by atoms with E-state index in [0.717, 1.165) is 23.5 Å². The lowest BCUT2D eigenvalue weighted by Crippen LogP contribution is -2.04. The molecule has 0 unspecified atom stereocenters. The quantitative estimate of drug-likeness (QED) is 0.731. The Hall–Kier alpha value is -3.19. The van der Waals surface area contributed by atoms with E-state index in [9.17, 15) is 0 Å². The third kappa shape index (κ3) is 4.07. The van der Waals surface area contributed by atoms with Gasteiger partial charge < -0.3 is 5.32 Å². The summed E-state index contributed by atoms with van der Waals surface area (Å²) < 4.78 is 0. The number of aryl methyl sites for hydroxylation is 4. The van der Waals surface area contributed by atoms with Crippen LogP contribution in [0.4, 0.5) is 11.6 Å². The van der Waals surface area contributed by atoms with Gasteiger partial charge in [0.05, 0.1) is 17.3 Å². The number of nitriles is 1. The van der Waals surface area contributed by atoms with Gasteiger partial charge in [0.15, 0.2) is 0 Å². The van der Waals surface area contributed by atoms with Crippen LogP contribution in [0.15, 0.2) is 42.5 Å². The van der Waals surface area contributed by atoms with Gasteiger partial charge in [-0.15, -0.1) is 0 Å². The van der Waals surface area contributed by atoms with E-state index in [0.29, 0.717) is 11.5 Å². The zero-order valence-corrected chi connectivity index (χ0v) is 15.6. The maximum atomic E-state index is 8.90. The molecule has 4 nitrogen and oxygen atoms in total. The molecule has 2 aromatic carbocycles. The maximum Gasteiger partial charge on any atom is 0.227 e. The van der Waals surface area contributed by atoms with Gasteiger partial charge in [0.1, 0.15) is 0 Å². The van der Waals surface area contributed by atoms with Gasteiger partial charge in [-0.1, -0.05) is 17.7 Å². The Bertz CT molecular complexity index is 959. The second kappa shape index (κ2) is 7.37. The highest BCUT2D eigenvalue weighted by atomic mass is 15.1. The zero-order chi connectivity index (χ0) is 18.7. The smallest absolute Gasteiger partial charge is 0.227 e. The van der Waals surface area contributed by atoms with Crippen molar-refractivity contribution in [3.8, 4) is 6.07 Å². The highest BCUT2D eigenvalue weighted by molar-refractivity contribution is 5.55. The molecule has 0 atom stereocenters. The Morgan fingerprint density at radius 2 is 1.58 bits per heavy atom. The monoisotopic (exact) mass is 342 g/mol. The van der Waals surface area contributed by atoms with E-state index < -0.39 is 0 Å². The summed E-state index contributed by atoms with van der Waals surface area (Å²) in [6.45, 7) is 8.40. The Labute approximate surface area is 154 Å². The van der Waals surface area contributed by atoms with E-state index in [-0.39, 0.29) is 0 Å². The summed E-state index contributed by atoms with van der Waals surface area (Å²) in [7, 11) is 0. The second-order valence-corrected chi connectivity index (χ2v) is 6.69. The zero-order valence-electron chi connectivity index (χ0n) is 15.6. The van der Waals surface area contributed by atoms with Crippen LogP contribution >= 0.6 is 0 Å². The Morgan fingerprint density at radius 3 is 2.19 bits per heavy atom. The number of anilines is 2. The third-order valence-electron chi connectivity index (χ3n) is 4.38. The van der Waals surface area contributed by atoms with Crippen LogP contribution in [0, 0.1) is 39.0 Å². The van der Waals surface area contributed by atoms with E-state index in [1.807, 2.05) is 25.1 Å². The van der Waals surface area contributed by atoms with Gasteiger partial charge in [-0.25, -0.2) is 9.97 Å². The molecule has 0 aliphatic rings. The third-order valence-corrected chi connectivity index (χ3v) is 4.38. The summed E-state index contributed by atoms with van der Waals surface area (Å²) in [5.74, 6) is 0.576. The minimum atomic E-state index is 0.576. The van der Waals surface area contributed by atoms with Crippen LogP contribution in [0.1, 0.15) is 39.2 Å². The molecule has 0 saturated carbocycles. The number of hydrogen-bond donors (Lipinski definition) is 1. The number of benzene rings is 2. The Balaban J connectivity index is 1.87. The van der Waals surface area contributed by atoms with Crippen molar-refractivity contribution >= 4 is 11.6 Å². The fourth-order valence-electron chi connectivity index (χ4n) is 3.21. The lowest BCUT2D eigenvalue weighted by molar-refractivity contribution is 0.989.